The summed E-state index contributed by atoms with van der Waals surface area (Å²) in [5.74, 6) is 0. The predicted octanol–water partition coefficient (Wildman–Crippen LogP) is 3.08. The van der Waals surface area contributed by atoms with Crippen molar-refractivity contribution in [3.8, 4) is 0 Å². The number of thiocarbonyl (C=S) groups is 2. The van der Waals surface area contributed by atoms with Gasteiger partial charge in [-0.2, -0.15) is 9.98 Å². The Morgan fingerprint density at radius 2 is 1.77 bits per heavy atom. The zero-order chi connectivity index (χ0) is 16.5. The third-order valence-corrected chi connectivity index (χ3v) is 3.10. The van der Waals surface area contributed by atoms with Gasteiger partial charge in [-0.3, -0.25) is 0 Å². The van der Waals surface area contributed by atoms with E-state index in [9.17, 15) is 4.79 Å². The molecule has 0 fully saturated rings. The number of nitrogens with zero attached hydrogens (tertiary/aromatic N) is 4. The molecule has 1 rings (SSSR count). The number of carbonyl (C=O) groups excluding carboxylic acids is 1. The molecule has 0 atom stereocenters. The molecule has 22 heavy (non-hydrogen) atoms. The van der Waals surface area contributed by atoms with Crippen LogP contribution < -0.4 is 9.62 Å². The fourth-order valence-corrected chi connectivity index (χ4v) is 1.91. The van der Waals surface area contributed by atoms with Crippen LogP contribution in [0.4, 0.5) is 21.9 Å². The highest BCUT2D eigenvalue weighted by Crippen LogP contribution is 2.29. The summed E-state index contributed by atoms with van der Waals surface area (Å²) in [7, 11) is 3.85. The fourth-order valence-electron chi connectivity index (χ4n) is 1.51. The lowest BCUT2D eigenvalue weighted by molar-refractivity contribution is 0.248. The largest absolute Gasteiger partial charge is 0.336 e. The Balaban J connectivity index is 2.95. The molecule has 0 heterocycles. The first kappa shape index (κ1) is 18.4. The number of hydrogen-bond acceptors (Lipinski definition) is 7. The van der Waals surface area contributed by atoms with Crippen molar-refractivity contribution in [3.05, 3.63) is 18.2 Å². The molecule has 0 aromatic heterocycles. The maximum absolute atomic E-state index is 12.0. The van der Waals surface area contributed by atoms with Crippen molar-refractivity contribution in [2.45, 2.75) is 0 Å². The number of amides is 2. The van der Waals surface area contributed by atoms with E-state index in [4.69, 9.17) is 0 Å². The lowest BCUT2D eigenvalue weighted by Crippen LogP contribution is -2.37. The van der Waals surface area contributed by atoms with Crippen molar-refractivity contribution in [1.29, 1.82) is 0 Å². The molecule has 1 aromatic carbocycles. The summed E-state index contributed by atoms with van der Waals surface area (Å²) in [6, 6.07) is 4.57. The first-order valence-electron chi connectivity index (χ1n) is 6.20. The number of thiol groups is 1. The SMILES string of the molecule is CN(C)CCNC(=O)N(S)c1cc(N=C=S)cc(N=C=S)c1. The first-order valence-corrected chi connectivity index (χ1v) is 7.42. The smallest absolute Gasteiger partial charge is 0.331 e. The Hall–Kier alpha value is -1.60. The highest BCUT2D eigenvalue weighted by molar-refractivity contribution is 7.82. The topological polar surface area (TPSA) is 60.3 Å². The monoisotopic (exact) mass is 353 g/mol. The second-order valence-electron chi connectivity index (χ2n) is 4.46. The number of likely N-dealkylation sites (N-methyl/N-ethyl adjacent to an activating group) is 1. The van der Waals surface area contributed by atoms with Gasteiger partial charge in [0.1, 0.15) is 0 Å². The van der Waals surface area contributed by atoms with Gasteiger partial charge in [-0.25, -0.2) is 9.10 Å². The average molecular weight is 353 g/mol. The Kier molecular flexibility index (Phi) is 7.90. The van der Waals surface area contributed by atoms with Crippen molar-refractivity contribution < 1.29 is 4.79 Å². The van der Waals surface area contributed by atoms with E-state index in [2.05, 4.69) is 62.9 Å². The molecular formula is C13H15N5OS3. The highest BCUT2D eigenvalue weighted by atomic mass is 32.1. The molecule has 0 aliphatic rings. The second kappa shape index (κ2) is 9.42. The van der Waals surface area contributed by atoms with Gasteiger partial charge in [-0.15, -0.1) is 0 Å². The minimum absolute atomic E-state index is 0.356. The van der Waals surface area contributed by atoms with Crippen LogP contribution in [0.25, 0.3) is 0 Å². The minimum atomic E-state index is -0.356. The number of aliphatic imine (C=N–C) groups is 2. The molecule has 0 saturated heterocycles. The number of carbonyl (C=O) groups is 1. The van der Waals surface area contributed by atoms with E-state index in [1.165, 1.54) is 4.31 Å². The third-order valence-electron chi connectivity index (χ3n) is 2.51. The minimum Gasteiger partial charge on any atom is -0.336 e. The Morgan fingerprint density at radius 1 is 1.23 bits per heavy atom. The molecule has 0 aliphatic carbocycles. The van der Waals surface area contributed by atoms with E-state index < -0.39 is 0 Å². The van der Waals surface area contributed by atoms with Crippen LogP contribution in [0.15, 0.2) is 28.2 Å². The molecule has 9 heteroatoms. The van der Waals surface area contributed by atoms with Crippen LogP contribution in [0.1, 0.15) is 0 Å². The summed E-state index contributed by atoms with van der Waals surface area (Å²) in [4.78, 5) is 21.8. The third kappa shape index (κ3) is 6.03. The van der Waals surface area contributed by atoms with Gasteiger partial charge in [0.25, 0.3) is 0 Å². The Morgan fingerprint density at radius 3 is 2.23 bits per heavy atom. The molecule has 0 saturated carbocycles. The van der Waals surface area contributed by atoms with Gasteiger partial charge >= 0.3 is 6.03 Å². The maximum atomic E-state index is 12.0. The lowest BCUT2D eigenvalue weighted by Gasteiger charge is -2.18. The number of benzene rings is 1. The van der Waals surface area contributed by atoms with E-state index in [1.807, 2.05) is 19.0 Å². The van der Waals surface area contributed by atoms with Gasteiger partial charge in [0.05, 0.1) is 27.4 Å². The van der Waals surface area contributed by atoms with Crippen LogP contribution in [0, 0.1) is 0 Å². The maximum Gasteiger partial charge on any atom is 0.331 e. The summed E-state index contributed by atoms with van der Waals surface area (Å²) >= 11 is 13.4. The summed E-state index contributed by atoms with van der Waals surface area (Å²) in [6.45, 7) is 1.23. The Bertz CT molecular complexity index is 600. The number of hydrogen-bond donors (Lipinski definition) is 2. The van der Waals surface area contributed by atoms with E-state index in [0.717, 1.165) is 6.54 Å². The zero-order valence-electron chi connectivity index (χ0n) is 12.1. The number of urea groups is 1. The molecule has 6 nitrogen and oxygen atoms in total. The molecule has 0 spiro atoms. The van der Waals surface area contributed by atoms with Crippen molar-refractivity contribution >= 4 is 70.7 Å². The molecule has 1 N–H and O–H groups in total. The van der Waals surface area contributed by atoms with Crippen molar-refractivity contribution in [1.82, 2.24) is 10.2 Å². The van der Waals surface area contributed by atoms with E-state index in [0.29, 0.717) is 23.6 Å². The summed E-state index contributed by atoms with van der Waals surface area (Å²) < 4.78 is 1.17. The van der Waals surface area contributed by atoms with Gasteiger partial charge in [0, 0.05) is 13.1 Å². The number of anilines is 1. The molecule has 1 aromatic rings. The van der Waals surface area contributed by atoms with Gasteiger partial charge in [-0.05, 0) is 56.7 Å². The predicted molar refractivity (Wildman–Crippen MR) is 99.2 cm³/mol. The van der Waals surface area contributed by atoms with Crippen molar-refractivity contribution in [2.75, 3.05) is 31.5 Å². The van der Waals surface area contributed by atoms with E-state index in [-0.39, 0.29) is 6.03 Å². The van der Waals surface area contributed by atoms with Crippen LogP contribution in [0.5, 0.6) is 0 Å². The summed E-state index contributed by atoms with van der Waals surface area (Å²) in [6.07, 6.45) is 0. The first-order chi connectivity index (χ1) is 10.5. The molecule has 2 amide bonds. The molecule has 116 valence electrons. The average Bonchev–Trinajstić information content (AvgIpc) is 2.46. The van der Waals surface area contributed by atoms with Crippen LogP contribution in [-0.4, -0.2) is 48.4 Å². The van der Waals surface area contributed by atoms with E-state index >= 15 is 0 Å². The van der Waals surface area contributed by atoms with Gasteiger partial charge in [-0.1, -0.05) is 12.8 Å². The van der Waals surface area contributed by atoms with Crippen LogP contribution in [0.2, 0.25) is 0 Å². The van der Waals surface area contributed by atoms with Crippen molar-refractivity contribution in [3.63, 3.8) is 0 Å². The molecule has 0 aliphatic heterocycles. The summed E-state index contributed by atoms with van der Waals surface area (Å²) in [5, 5.41) is 7.28. The van der Waals surface area contributed by atoms with Crippen LogP contribution >= 0.6 is 37.3 Å². The zero-order valence-corrected chi connectivity index (χ0v) is 14.6. The van der Waals surface area contributed by atoms with Gasteiger partial charge in [0.2, 0.25) is 0 Å². The van der Waals surface area contributed by atoms with Crippen molar-refractivity contribution in [2.24, 2.45) is 9.98 Å². The summed E-state index contributed by atoms with van der Waals surface area (Å²) in [5.41, 5.74) is 1.48. The number of rotatable bonds is 6. The number of isothiocyanates is 2. The fraction of sp³-hybridized carbons (Fsp3) is 0.308. The molecule has 0 radical (unpaired) electrons. The van der Waals surface area contributed by atoms with Gasteiger partial charge in [0.15, 0.2) is 0 Å². The molecule has 0 unspecified atom stereocenters. The highest BCUT2D eigenvalue weighted by Gasteiger charge is 2.13. The molecule has 0 bridgehead atoms. The van der Waals surface area contributed by atoms with Crippen LogP contribution in [0.3, 0.4) is 0 Å². The lowest BCUT2D eigenvalue weighted by atomic mass is 10.2. The molecular weight excluding hydrogens is 338 g/mol. The van der Waals surface area contributed by atoms with Gasteiger partial charge < -0.3 is 10.2 Å². The quantitative estimate of drug-likeness (QED) is 0.469. The van der Waals surface area contributed by atoms with E-state index in [1.54, 1.807) is 18.2 Å². The second-order valence-corrected chi connectivity index (χ2v) is 5.23. The Labute approximate surface area is 145 Å². The normalized spacial score (nSPS) is 9.64. The number of nitrogens with one attached hydrogen (secondary N) is 1. The standard InChI is InChI=1S/C13H15N5OS3/c1-17(2)4-3-14-13(19)18(22)12-6-10(15-8-20)5-11(7-12)16-9-21/h5-7,22H,3-4H2,1-2H3,(H,14,19). The van der Waals surface area contributed by atoms with Crippen LogP contribution in [-0.2, 0) is 0 Å².